The van der Waals surface area contributed by atoms with E-state index in [-0.39, 0.29) is 0 Å². The van der Waals surface area contributed by atoms with E-state index in [1.807, 2.05) is 0 Å². The molecule has 2 fully saturated rings. The van der Waals surface area contributed by atoms with E-state index in [0.29, 0.717) is 11.5 Å². The Morgan fingerprint density at radius 3 is 2.35 bits per heavy atom. The van der Waals surface area contributed by atoms with Crippen molar-refractivity contribution in [3.63, 3.8) is 0 Å². The van der Waals surface area contributed by atoms with Crippen LogP contribution in [-0.2, 0) is 0 Å². The molecule has 1 saturated carbocycles. The smallest absolute Gasteiger partial charge is 0.0196 e. The summed E-state index contributed by atoms with van der Waals surface area (Å²) in [5.74, 6) is 1.67. The molecule has 1 aliphatic heterocycles. The van der Waals surface area contributed by atoms with Crippen LogP contribution in [0.25, 0.3) is 0 Å². The second-order valence-corrected chi connectivity index (χ2v) is 7.32. The molecule has 0 amide bonds. The highest BCUT2D eigenvalue weighted by Crippen LogP contribution is 2.34. The largest absolute Gasteiger partial charge is 0.326 e. The fourth-order valence-corrected chi connectivity index (χ4v) is 3.54. The van der Waals surface area contributed by atoms with Crippen molar-refractivity contribution in [1.82, 2.24) is 4.90 Å². The van der Waals surface area contributed by atoms with Crippen molar-refractivity contribution in [3.05, 3.63) is 0 Å². The van der Waals surface area contributed by atoms with Gasteiger partial charge in [0.05, 0.1) is 0 Å². The Labute approximate surface area is 107 Å². The van der Waals surface area contributed by atoms with E-state index in [0.717, 1.165) is 18.4 Å². The van der Waals surface area contributed by atoms with Crippen molar-refractivity contribution in [3.8, 4) is 0 Å². The Morgan fingerprint density at radius 1 is 1.18 bits per heavy atom. The van der Waals surface area contributed by atoms with Gasteiger partial charge in [0.2, 0.25) is 0 Å². The Morgan fingerprint density at radius 2 is 1.82 bits per heavy atom. The van der Waals surface area contributed by atoms with E-state index < -0.39 is 0 Å². The predicted octanol–water partition coefficient (Wildman–Crippen LogP) is 2.87. The van der Waals surface area contributed by atoms with E-state index in [9.17, 15) is 0 Å². The average Bonchev–Trinajstić information content (AvgIpc) is 2.85. The molecule has 0 aromatic carbocycles. The molecular weight excluding hydrogens is 208 g/mol. The van der Waals surface area contributed by atoms with Crippen molar-refractivity contribution in [2.75, 3.05) is 19.6 Å². The molecule has 2 heteroatoms. The minimum Gasteiger partial charge on any atom is -0.326 e. The molecular formula is C15H30N2. The Hall–Kier alpha value is -0.0800. The van der Waals surface area contributed by atoms with Crippen molar-refractivity contribution in [1.29, 1.82) is 0 Å². The molecule has 0 spiro atoms. The monoisotopic (exact) mass is 238 g/mol. The molecule has 0 aromatic heterocycles. The first-order valence-electron chi connectivity index (χ1n) is 7.45. The normalized spacial score (nSPS) is 30.0. The Bertz CT molecular complexity index is 238. The highest BCUT2D eigenvalue weighted by atomic mass is 15.2. The van der Waals surface area contributed by atoms with Gasteiger partial charge in [-0.1, -0.05) is 33.6 Å². The lowest BCUT2D eigenvalue weighted by Gasteiger charge is -2.29. The molecule has 2 rings (SSSR count). The van der Waals surface area contributed by atoms with Gasteiger partial charge in [-0.05, 0) is 43.1 Å². The summed E-state index contributed by atoms with van der Waals surface area (Å²) in [6.07, 6.45) is 6.92. The first-order valence-corrected chi connectivity index (χ1v) is 7.45. The van der Waals surface area contributed by atoms with Crippen molar-refractivity contribution in [2.24, 2.45) is 23.0 Å². The average molecular weight is 238 g/mol. The van der Waals surface area contributed by atoms with Crippen molar-refractivity contribution >= 4 is 0 Å². The molecule has 1 heterocycles. The summed E-state index contributed by atoms with van der Waals surface area (Å²) < 4.78 is 0. The molecule has 0 bridgehead atoms. The summed E-state index contributed by atoms with van der Waals surface area (Å²) >= 11 is 0. The third-order valence-corrected chi connectivity index (χ3v) is 4.97. The van der Waals surface area contributed by atoms with Gasteiger partial charge in [0.15, 0.2) is 0 Å². The summed E-state index contributed by atoms with van der Waals surface area (Å²) in [7, 11) is 0. The third-order valence-electron chi connectivity index (χ3n) is 4.97. The molecule has 100 valence electrons. The highest BCUT2D eigenvalue weighted by Gasteiger charge is 2.33. The van der Waals surface area contributed by atoms with Gasteiger partial charge in [-0.3, -0.25) is 0 Å². The van der Waals surface area contributed by atoms with Crippen LogP contribution in [-0.4, -0.2) is 30.6 Å². The van der Waals surface area contributed by atoms with E-state index in [4.69, 9.17) is 5.73 Å². The van der Waals surface area contributed by atoms with Crippen LogP contribution in [0.5, 0.6) is 0 Å². The number of hydrogen-bond donors (Lipinski definition) is 1. The molecule has 2 atom stereocenters. The van der Waals surface area contributed by atoms with Crippen LogP contribution < -0.4 is 5.73 Å². The molecule has 2 aliphatic rings. The van der Waals surface area contributed by atoms with Crippen molar-refractivity contribution < 1.29 is 0 Å². The van der Waals surface area contributed by atoms with E-state index in [1.54, 1.807) is 0 Å². The van der Waals surface area contributed by atoms with E-state index in [2.05, 4.69) is 25.7 Å². The molecule has 1 saturated heterocycles. The molecule has 0 aromatic rings. The zero-order valence-electron chi connectivity index (χ0n) is 11.9. The van der Waals surface area contributed by atoms with Crippen molar-refractivity contribution in [2.45, 2.75) is 58.9 Å². The molecule has 1 aliphatic carbocycles. The van der Waals surface area contributed by atoms with Crippen LogP contribution in [0.3, 0.4) is 0 Å². The standard InChI is InChI=1S/C15H30N2/c1-15(2,3)13-8-9-17(10-13)11-14(16)12-6-4-5-7-12/h12-14H,4-11,16H2,1-3H3. The van der Waals surface area contributed by atoms with Gasteiger partial charge in [-0.15, -0.1) is 0 Å². The summed E-state index contributed by atoms with van der Waals surface area (Å²) in [5.41, 5.74) is 6.84. The maximum atomic E-state index is 6.37. The third kappa shape index (κ3) is 3.45. The predicted molar refractivity (Wildman–Crippen MR) is 73.9 cm³/mol. The molecule has 2 nitrogen and oxygen atoms in total. The zero-order valence-corrected chi connectivity index (χ0v) is 11.9. The number of nitrogens with zero attached hydrogens (tertiary/aromatic N) is 1. The zero-order chi connectivity index (χ0) is 12.5. The minimum atomic E-state index is 0.427. The van der Waals surface area contributed by atoms with Crippen LogP contribution in [0.15, 0.2) is 0 Å². The van der Waals surface area contributed by atoms with Gasteiger partial charge in [0, 0.05) is 19.1 Å². The van der Waals surface area contributed by atoms with Gasteiger partial charge >= 0.3 is 0 Å². The van der Waals surface area contributed by atoms with Gasteiger partial charge in [0.1, 0.15) is 0 Å². The second kappa shape index (κ2) is 5.27. The molecule has 0 radical (unpaired) electrons. The first-order chi connectivity index (χ1) is 7.97. The van der Waals surface area contributed by atoms with Crippen LogP contribution in [0.4, 0.5) is 0 Å². The van der Waals surface area contributed by atoms with Crippen LogP contribution in [0.1, 0.15) is 52.9 Å². The molecule has 2 N–H and O–H groups in total. The maximum Gasteiger partial charge on any atom is 0.0196 e. The number of nitrogens with two attached hydrogens (primary N) is 1. The van der Waals surface area contributed by atoms with Gasteiger partial charge in [0.25, 0.3) is 0 Å². The van der Waals surface area contributed by atoms with Gasteiger partial charge in [-0.25, -0.2) is 0 Å². The van der Waals surface area contributed by atoms with Gasteiger partial charge < -0.3 is 10.6 Å². The summed E-state index contributed by atoms with van der Waals surface area (Å²) in [4.78, 5) is 2.61. The van der Waals surface area contributed by atoms with Crippen LogP contribution in [0.2, 0.25) is 0 Å². The SMILES string of the molecule is CC(C)(C)C1CCN(CC(N)C2CCCC2)C1. The lowest BCUT2D eigenvalue weighted by atomic mass is 9.80. The number of hydrogen-bond acceptors (Lipinski definition) is 2. The summed E-state index contributed by atoms with van der Waals surface area (Å²) in [6, 6.07) is 0.427. The second-order valence-electron chi connectivity index (χ2n) is 7.32. The summed E-state index contributed by atoms with van der Waals surface area (Å²) in [6.45, 7) is 10.8. The Balaban J connectivity index is 1.77. The quantitative estimate of drug-likeness (QED) is 0.819. The highest BCUT2D eigenvalue weighted by molar-refractivity contribution is 4.87. The summed E-state index contributed by atoms with van der Waals surface area (Å²) in [5, 5.41) is 0. The lowest BCUT2D eigenvalue weighted by Crippen LogP contribution is -2.41. The topological polar surface area (TPSA) is 29.3 Å². The van der Waals surface area contributed by atoms with E-state index >= 15 is 0 Å². The van der Waals surface area contributed by atoms with Crippen LogP contribution in [0, 0.1) is 17.3 Å². The molecule has 17 heavy (non-hydrogen) atoms. The fraction of sp³-hybridized carbons (Fsp3) is 1.00. The minimum absolute atomic E-state index is 0.427. The fourth-order valence-electron chi connectivity index (χ4n) is 3.54. The van der Waals surface area contributed by atoms with Crippen LogP contribution >= 0.6 is 0 Å². The Kier molecular flexibility index (Phi) is 4.14. The van der Waals surface area contributed by atoms with Gasteiger partial charge in [-0.2, -0.15) is 0 Å². The number of likely N-dealkylation sites (tertiary alicyclic amines) is 1. The first kappa shape index (κ1) is 13.4. The maximum absolute atomic E-state index is 6.37. The van der Waals surface area contributed by atoms with E-state index in [1.165, 1.54) is 45.2 Å². The number of rotatable bonds is 3. The lowest BCUT2D eigenvalue weighted by molar-refractivity contribution is 0.214. The molecule has 2 unspecified atom stereocenters.